The molecule has 0 unspecified atom stereocenters. The number of hydrogen-bond acceptors (Lipinski definition) is 4. The number of hydrazone groups is 1. The minimum absolute atomic E-state index is 0.646. The summed E-state index contributed by atoms with van der Waals surface area (Å²) in [6.07, 6.45) is 1.85. The van der Waals surface area contributed by atoms with Crippen molar-refractivity contribution in [3.63, 3.8) is 0 Å². The van der Waals surface area contributed by atoms with Crippen molar-refractivity contribution in [1.29, 1.82) is 0 Å². The number of nitrogens with zero attached hydrogens (tertiary/aromatic N) is 4. The second kappa shape index (κ2) is 7.85. The Morgan fingerprint density at radius 3 is 2.22 bits per heavy atom. The van der Waals surface area contributed by atoms with Crippen molar-refractivity contribution in [2.75, 3.05) is 5.43 Å². The first-order valence-corrected chi connectivity index (χ1v) is 8.80. The molecule has 5 nitrogen and oxygen atoms in total. The van der Waals surface area contributed by atoms with Crippen LogP contribution in [-0.2, 0) is 0 Å². The summed E-state index contributed by atoms with van der Waals surface area (Å²) in [7, 11) is 0. The smallest absolute Gasteiger partial charge is 0.182 e. The van der Waals surface area contributed by atoms with Crippen molar-refractivity contribution in [2.45, 2.75) is 0 Å². The lowest BCUT2D eigenvalue weighted by Gasteiger charge is -2.07. The standard InChI is InChI=1S/C21H16ClN5/c22-18-13-11-16(12-14-18)20-15-27(26-24-20)21(17-7-3-1-4-8-17)25-23-19-9-5-2-6-10-19/h1-15,23H/b25-21+. The number of aromatic nitrogens is 3. The summed E-state index contributed by atoms with van der Waals surface area (Å²) in [6, 6.07) is 27.1. The predicted molar refractivity (Wildman–Crippen MR) is 109 cm³/mol. The number of anilines is 1. The van der Waals surface area contributed by atoms with Crippen molar-refractivity contribution >= 4 is 23.1 Å². The molecule has 1 heterocycles. The fraction of sp³-hybridized carbons (Fsp3) is 0. The molecule has 0 aliphatic heterocycles. The second-order valence-corrected chi connectivity index (χ2v) is 6.27. The molecule has 0 fully saturated rings. The van der Waals surface area contributed by atoms with Crippen molar-refractivity contribution in [1.82, 2.24) is 15.0 Å². The van der Waals surface area contributed by atoms with E-state index in [0.717, 1.165) is 22.5 Å². The van der Waals surface area contributed by atoms with E-state index in [2.05, 4.69) is 20.8 Å². The van der Waals surface area contributed by atoms with Crippen molar-refractivity contribution in [3.8, 4) is 11.3 Å². The highest BCUT2D eigenvalue weighted by molar-refractivity contribution is 6.30. The van der Waals surface area contributed by atoms with Gasteiger partial charge >= 0.3 is 0 Å². The first-order chi connectivity index (χ1) is 13.3. The summed E-state index contributed by atoms with van der Waals surface area (Å²) in [5, 5.41) is 13.8. The van der Waals surface area contributed by atoms with Gasteiger partial charge in [0.1, 0.15) is 5.69 Å². The Hall–Kier alpha value is -3.44. The molecule has 1 aromatic heterocycles. The van der Waals surface area contributed by atoms with Gasteiger partial charge in [0.2, 0.25) is 0 Å². The van der Waals surface area contributed by atoms with Gasteiger partial charge in [0.15, 0.2) is 5.84 Å². The maximum absolute atomic E-state index is 5.97. The first-order valence-electron chi connectivity index (χ1n) is 8.42. The molecule has 3 aromatic carbocycles. The highest BCUT2D eigenvalue weighted by atomic mass is 35.5. The van der Waals surface area contributed by atoms with Gasteiger partial charge < -0.3 is 0 Å². The molecule has 0 saturated carbocycles. The number of benzene rings is 3. The van der Waals surface area contributed by atoms with Gasteiger partial charge in [-0.1, -0.05) is 77.5 Å². The number of rotatable bonds is 4. The van der Waals surface area contributed by atoms with Crippen LogP contribution in [0.1, 0.15) is 5.56 Å². The van der Waals surface area contributed by atoms with Gasteiger partial charge in [-0.15, -0.1) is 5.10 Å². The van der Waals surface area contributed by atoms with Gasteiger partial charge in [0.25, 0.3) is 0 Å². The SMILES string of the molecule is Clc1ccc(-c2cn(/C(=N/Nc3ccccc3)c3ccccc3)nn2)cc1. The molecule has 0 aliphatic rings. The monoisotopic (exact) mass is 373 g/mol. The Labute approximate surface area is 161 Å². The molecule has 4 rings (SSSR count). The van der Waals surface area contributed by atoms with Crippen LogP contribution in [0.25, 0.3) is 11.3 Å². The third-order valence-electron chi connectivity index (χ3n) is 3.95. The minimum Gasteiger partial charge on any atom is -0.276 e. The summed E-state index contributed by atoms with van der Waals surface area (Å²) in [6.45, 7) is 0. The highest BCUT2D eigenvalue weighted by Gasteiger charge is 2.11. The number of nitrogens with one attached hydrogen (secondary N) is 1. The van der Waals surface area contributed by atoms with E-state index in [1.54, 1.807) is 4.68 Å². The van der Waals surface area contributed by atoms with Gasteiger partial charge in [0, 0.05) is 16.1 Å². The third-order valence-corrected chi connectivity index (χ3v) is 4.20. The predicted octanol–water partition coefficient (Wildman–Crippen LogP) is 4.92. The van der Waals surface area contributed by atoms with E-state index in [1.807, 2.05) is 91.1 Å². The number of halogens is 1. The summed E-state index contributed by atoms with van der Waals surface area (Å²) in [4.78, 5) is 0. The third kappa shape index (κ3) is 4.04. The molecule has 132 valence electrons. The van der Waals surface area contributed by atoms with Crippen LogP contribution in [-0.4, -0.2) is 20.8 Å². The van der Waals surface area contributed by atoms with Crippen LogP contribution in [0.2, 0.25) is 5.02 Å². The van der Waals surface area contributed by atoms with E-state index in [1.165, 1.54) is 0 Å². The molecule has 0 amide bonds. The van der Waals surface area contributed by atoms with Gasteiger partial charge in [-0.2, -0.15) is 9.78 Å². The van der Waals surface area contributed by atoms with E-state index in [0.29, 0.717) is 10.9 Å². The van der Waals surface area contributed by atoms with Crippen molar-refractivity contribution in [2.24, 2.45) is 5.10 Å². The Balaban J connectivity index is 1.70. The molecule has 27 heavy (non-hydrogen) atoms. The maximum Gasteiger partial charge on any atom is 0.182 e. The van der Waals surface area contributed by atoms with E-state index < -0.39 is 0 Å². The first kappa shape index (κ1) is 17.0. The van der Waals surface area contributed by atoms with Crippen molar-refractivity contribution < 1.29 is 0 Å². The average molecular weight is 374 g/mol. The second-order valence-electron chi connectivity index (χ2n) is 5.83. The zero-order chi connectivity index (χ0) is 18.5. The van der Waals surface area contributed by atoms with Crippen LogP contribution < -0.4 is 5.43 Å². The lowest BCUT2D eigenvalue weighted by Crippen LogP contribution is -2.16. The maximum atomic E-state index is 5.97. The minimum atomic E-state index is 0.646. The van der Waals surface area contributed by atoms with Crippen molar-refractivity contribution in [3.05, 3.63) is 102 Å². The highest BCUT2D eigenvalue weighted by Crippen LogP contribution is 2.19. The quantitative estimate of drug-likeness (QED) is 0.314. The molecular weight excluding hydrogens is 358 g/mol. The zero-order valence-electron chi connectivity index (χ0n) is 14.3. The van der Waals surface area contributed by atoms with Crippen LogP contribution in [0, 0.1) is 0 Å². The van der Waals surface area contributed by atoms with E-state index in [4.69, 9.17) is 11.6 Å². The lowest BCUT2D eigenvalue weighted by molar-refractivity contribution is 0.839. The Morgan fingerprint density at radius 2 is 1.52 bits per heavy atom. The number of para-hydroxylation sites is 1. The molecule has 6 heteroatoms. The molecule has 4 aromatic rings. The Kier molecular flexibility index (Phi) is 4.94. The van der Waals surface area contributed by atoms with Gasteiger partial charge in [-0.05, 0) is 24.3 Å². The topological polar surface area (TPSA) is 55.1 Å². The van der Waals surface area contributed by atoms with E-state index in [-0.39, 0.29) is 0 Å². The van der Waals surface area contributed by atoms with Crippen LogP contribution in [0.5, 0.6) is 0 Å². The zero-order valence-corrected chi connectivity index (χ0v) is 15.1. The van der Waals surface area contributed by atoms with Crippen LogP contribution in [0.4, 0.5) is 5.69 Å². The summed E-state index contributed by atoms with van der Waals surface area (Å²) < 4.78 is 1.66. The van der Waals surface area contributed by atoms with E-state index >= 15 is 0 Å². The summed E-state index contributed by atoms with van der Waals surface area (Å²) in [5.74, 6) is 0.646. The van der Waals surface area contributed by atoms with Gasteiger partial charge in [-0.25, -0.2) is 0 Å². The van der Waals surface area contributed by atoms with Crippen LogP contribution in [0.15, 0.2) is 96.2 Å². The molecule has 0 atom stereocenters. The number of hydrogen-bond donors (Lipinski definition) is 1. The molecule has 0 aliphatic carbocycles. The van der Waals surface area contributed by atoms with Gasteiger partial charge in [0.05, 0.1) is 11.9 Å². The Morgan fingerprint density at radius 1 is 0.852 bits per heavy atom. The van der Waals surface area contributed by atoms with Crippen LogP contribution >= 0.6 is 11.6 Å². The normalized spacial score (nSPS) is 11.4. The average Bonchev–Trinajstić information content (AvgIpc) is 3.20. The van der Waals surface area contributed by atoms with Gasteiger partial charge in [-0.3, -0.25) is 5.43 Å². The summed E-state index contributed by atoms with van der Waals surface area (Å²) in [5.41, 5.74) is 6.58. The van der Waals surface area contributed by atoms with Crippen LogP contribution in [0.3, 0.4) is 0 Å². The largest absolute Gasteiger partial charge is 0.276 e. The lowest BCUT2D eigenvalue weighted by atomic mass is 10.2. The fourth-order valence-electron chi connectivity index (χ4n) is 2.59. The molecule has 0 radical (unpaired) electrons. The Bertz CT molecular complexity index is 1040. The molecule has 0 saturated heterocycles. The molecular formula is C21H16ClN5. The molecule has 0 spiro atoms. The fourth-order valence-corrected chi connectivity index (χ4v) is 2.71. The molecule has 1 N–H and O–H groups in total. The van der Waals surface area contributed by atoms with E-state index in [9.17, 15) is 0 Å². The summed E-state index contributed by atoms with van der Waals surface area (Å²) >= 11 is 5.97. The molecule has 0 bridgehead atoms.